The second-order valence-electron chi connectivity index (χ2n) is 8.86. The lowest BCUT2D eigenvalue weighted by molar-refractivity contribution is -0.141. The first kappa shape index (κ1) is 29.6. The molecule has 39 heavy (non-hydrogen) atoms. The Hall–Kier alpha value is -3.95. The van der Waals surface area contributed by atoms with Crippen LogP contribution in [0.4, 0.5) is 0 Å². The maximum absolute atomic E-state index is 13.7. The minimum atomic E-state index is -3.56. The fourth-order valence-corrected chi connectivity index (χ4v) is 5.17. The number of carbonyl (C=O) groups excluding carboxylic acids is 2. The van der Waals surface area contributed by atoms with Crippen LogP contribution in [0.25, 0.3) is 0 Å². The van der Waals surface area contributed by atoms with Gasteiger partial charge in [-0.25, -0.2) is 13.1 Å². The van der Waals surface area contributed by atoms with E-state index in [0.29, 0.717) is 24.3 Å². The summed E-state index contributed by atoms with van der Waals surface area (Å²) in [6.07, 6.45) is 2.11. The Morgan fingerprint density at radius 3 is 2.21 bits per heavy atom. The summed E-state index contributed by atoms with van der Waals surface area (Å²) in [6.45, 7) is 6.17. The smallest absolute Gasteiger partial charge is 0.247 e. The lowest BCUT2D eigenvalue weighted by Crippen LogP contribution is -2.43. The zero-order valence-electron chi connectivity index (χ0n) is 22.3. The topological polar surface area (TPSA) is 105 Å². The van der Waals surface area contributed by atoms with E-state index in [9.17, 15) is 18.0 Å². The van der Waals surface area contributed by atoms with Crippen LogP contribution in [-0.2, 0) is 32.6 Å². The van der Waals surface area contributed by atoms with Gasteiger partial charge in [0.25, 0.3) is 0 Å². The first-order valence-electron chi connectivity index (χ1n) is 12.7. The molecule has 3 aromatic carbocycles. The molecule has 0 aliphatic heterocycles. The van der Waals surface area contributed by atoms with E-state index in [1.807, 2.05) is 54.6 Å². The predicted octanol–water partition coefficient (Wildman–Crippen LogP) is 4.00. The van der Waals surface area contributed by atoms with E-state index in [-0.39, 0.29) is 36.2 Å². The minimum absolute atomic E-state index is 0.132. The Labute approximate surface area is 230 Å². The van der Waals surface area contributed by atoms with Gasteiger partial charge in [-0.3, -0.25) is 9.59 Å². The third kappa shape index (κ3) is 8.27. The van der Waals surface area contributed by atoms with Crippen molar-refractivity contribution < 1.29 is 22.7 Å². The number of methoxy groups -OCH3 is 1. The van der Waals surface area contributed by atoms with Crippen LogP contribution in [0, 0.1) is 0 Å². The molecular formula is C30H35N3O5S. The molecule has 0 radical (unpaired) electrons. The van der Waals surface area contributed by atoms with Gasteiger partial charge >= 0.3 is 0 Å². The molecule has 0 aliphatic carbocycles. The molecule has 1 atom stereocenters. The van der Waals surface area contributed by atoms with Crippen LogP contribution in [0.3, 0.4) is 0 Å². The third-order valence-electron chi connectivity index (χ3n) is 6.12. The van der Waals surface area contributed by atoms with Crippen molar-refractivity contribution in [2.75, 3.05) is 20.2 Å². The number of hydrogen-bond donors (Lipinski definition) is 2. The monoisotopic (exact) mass is 549 g/mol. The number of aryl methyl sites for hydroxylation is 1. The molecule has 0 fully saturated rings. The minimum Gasteiger partial charge on any atom is -0.497 e. The molecule has 0 bridgehead atoms. The van der Waals surface area contributed by atoms with Gasteiger partial charge in [-0.15, -0.1) is 6.58 Å². The molecule has 0 unspecified atom stereocenters. The molecule has 8 nitrogen and oxygen atoms in total. The van der Waals surface area contributed by atoms with Gasteiger partial charge in [0.1, 0.15) is 11.8 Å². The number of nitrogens with zero attached hydrogens (tertiary/aromatic N) is 1. The fourth-order valence-electron chi connectivity index (χ4n) is 4.13. The van der Waals surface area contributed by atoms with E-state index in [0.717, 1.165) is 11.1 Å². The molecular weight excluding hydrogens is 514 g/mol. The summed E-state index contributed by atoms with van der Waals surface area (Å²) in [6, 6.07) is 22.2. The standard InChI is InChI=1S/C30H35N3O5S/c1-4-21-31-30(35)29(25-9-7-6-8-10-25)33(22-24-11-16-26(38-3)17-12-24)28(34)20-15-23-13-18-27(19-14-23)39(36,37)32-5-2/h4,6-14,16-19,29,32H,1,5,15,20-22H2,2-3H3,(H,31,35)/t29-/m0/s1. The van der Waals surface area contributed by atoms with Gasteiger partial charge in [-0.2, -0.15) is 0 Å². The SMILES string of the molecule is C=CCNC(=O)[C@H](c1ccccc1)N(Cc1ccc(OC)cc1)C(=O)CCc1ccc(S(=O)(=O)NCC)cc1. The summed E-state index contributed by atoms with van der Waals surface area (Å²) in [5.41, 5.74) is 2.36. The summed E-state index contributed by atoms with van der Waals surface area (Å²) in [4.78, 5) is 28.9. The Morgan fingerprint density at radius 2 is 1.62 bits per heavy atom. The van der Waals surface area contributed by atoms with Gasteiger partial charge in [0.05, 0.1) is 12.0 Å². The number of ether oxygens (including phenoxy) is 1. The number of amides is 2. The molecule has 0 aliphatic rings. The number of benzene rings is 3. The lowest BCUT2D eigenvalue weighted by Gasteiger charge is -2.31. The van der Waals surface area contributed by atoms with Gasteiger partial charge in [0.15, 0.2) is 0 Å². The van der Waals surface area contributed by atoms with Crippen LogP contribution in [0.1, 0.15) is 36.1 Å². The molecule has 0 aromatic heterocycles. The van der Waals surface area contributed by atoms with Crippen molar-refractivity contribution in [1.29, 1.82) is 0 Å². The molecule has 2 N–H and O–H groups in total. The summed E-state index contributed by atoms with van der Waals surface area (Å²) >= 11 is 0. The zero-order chi connectivity index (χ0) is 28.3. The Morgan fingerprint density at radius 1 is 0.974 bits per heavy atom. The normalized spacial score (nSPS) is 11.8. The number of carbonyl (C=O) groups is 2. The third-order valence-corrected chi connectivity index (χ3v) is 7.69. The molecule has 0 saturated heterocycles. The van der Waals surface area contributed by atoms with Crippen molar-refractivity contribution in [3.63, 3.8) is 0 Å². The van der Waals surface area contributed by atoms with Gasteiger partial charge in [0, 0.05) is 26.1 Å². The number of rotatable bonds is 14. The van der Waals surface area contributed by atoms with Crippen LogP contribution in [0.2, 0.25) is 0 Å². The predicted molar refractivity (Wildman–Crippen MR) is 152 cm³/mol. The second kappa shape index (κ2) is 14.3. The fraction of sp³-hybridized carbons (Fsp3) is 0.267. The Bertz CT molecular complexity index is 1340. The highest BCUT2D eigenvalue weighted by Gasteiger charge is 2.31. The van der Waals surface area contributed by atoms with Gasteiger partial charge < -0.3 is 15.0 Å². The molecule has 206 valence electrons. The van der Waals surface area contributed by atoms with Crippen LogP contribution in [-0.4, -0.2) is 45.3 Å². The van der Waals surface area contributed by atoms with Crippen molar-refractivity contribution in [3.8, 4) is 5.75 Å². The quantitative estimate of drug-likeness (QED) is 0.296. The number of hydrogen-bond acceptors (Lipinski definition) is 5. The molecule has 3 aromatic rings. The van der Waals surface area contributed by atoms with Crippen molar-refractivity contribution in [1.82, 2.24) is 14.9 Å². The van der Waals surface area contributed by atoms with E-state index in [1.54, 1.807) is 37.1 Å². The largest absolute Gasteiger partial charge is 0.497 e. The number of nitrogens with one attached hydrogen (secondary N) is 2. The summed E-state index contributed by atoms with van der Waals surface area (Å²) in [5.74, 6) is 0.179. The highest BCUT2D eigenvalue weighted by Crippen LogP contribution is 2.26. The maximum Gasteiger partial charge on any atom is 0.247 e. The van der Waals surface area contributed by atoms with Crippen LogP contribution >= 0.6 is 0 Å². The lowest BCUT2D eigenvalue weighted by atomic mass is 10.0. The highest BCUT2D eigenvalue weighted by atomic mass is 32.2. The van der Waals surface area contributed by atoms with Crippen molar-refractivity contribution in [3.05, 3.63) is 108 Å². The summed E-state index contributed by atoms with van der Waals surface area (Å²) < 4.78 is 32.2. The molecule has 9 heteroatoms. The zero-order valence-corrected chi connectivity index (χ0v) is 23.1. The van der Waals surface area contributed by atoms with E-state index in [1.165, 1.54) is 12.1 Å². The highest BCUT2D eigenvalue weighted by molar-refractivity contribution is 7.89. The van der Waals surface area contributed by atoms with Crippen molar-refractivity contribution in [2.45, 2.75) is 37.2 Å². The molecule has 0 heterocycles. The number of sulfonamides is 1. The Balaban J connectivity index is 1.88. The van der Waals surface area contributed by atoms with Crippen LogP contribution < -0.4 is 14.8 Å². The first-order valence-corrected chi connectivity index (χ1v) is 14.2. The average molecular weight is 550 g/mol. The molecule has 3 rings (SSSR count). The molecule has 2 amide bonds. The average Bonchev–Trinajstić information content (AvgIpc) is 2.95. The van der Waals surface area contributed by atoms with Crippen molar-refractivity contribution in [2.24, 2.45) is 0 Å². The van der Waals surface area contributed by atoms with Crippen LogP contribution in [0.15, 0.2) is 96.4 Å². The molecule has 0 saturated carbocycles. The second-order valence-corrected chi connectivity index (χ2v) is 10.6. The summed E-state index contributed by atoms with van der Waals surface area (Å²) in [5, 5.41) is 2.84. The summed E-state index contributed by atoms with van der Waals surface area (Å²) in [7, 11) is -1.97. The van der Waals surface area contributed by atoms with E-state index in [2.05, 4.69) is 16.6 Å². The van der Waals surface area contributed by atoms with Crippen molar-refractivity contribution >= 4 is 21.8 Å². The van der Waals surface area contributed by atoms with E-state index >= 15 is 0 Å². The van der Waals surface area contributed by atoms with E-state index < -0.39 is 16.1 Å². The Kier molecular flexibility index (Phi) is 10.8. The van der Waals surface area contributed by atoms with E-state index in [4.69, 9.17) is 4.74 Å². The van der Waals surface area contributed by atoms with Gasteiger partial charge in [-0.05, 0) is 47.4 Å². The first-order chi connectivity index (χ1) is 18.8. The van der Waals surface area contributed by atoms with Crippen LogP contribution in [0.5, 0.6) is 5.75 Å². The van der Waals surface area contributed by atoms with Gasteiger partial charge in [-0.1, -0.05) is 67.6 Å². The van der Waals surface area contributed by atoms with Gasteiger partial charge in [0.2, 0.25) is 21.8 Å². The maximum atomic E-state index is 13.7. The molecule has 0 spiro atoms.